The van der Waals surface area contributed by atoms with Crippen LogP contribution in [0.4, 0.5) is 11.4 Å². The second-order valence-electron chi connectivity index (χ2n) is 2.52. The molecule has 0 unspecified atom stereocenters. The predicted octanol–water partition coefficient (Wildman–Crippen LogP) is 1.79. The zero-order valence-corrected chi connectivity index (χ0v) is 8.03. The van der Waals surface area contributed by atoms with Crippen molar-refractivity contribution >= 4 is 23.0 Å². The number of nitrogens with zero attached hydrogens (tertiary/aromatic N) is 1. The molecule has 0 saturated carbocycles. The summed E-state index contributed by atoms with van der Waals surface area (Å²) < 4.78 is 5.14. The lowest BCUT2D eigenvalue weighted by Crippen LogP contribution is -2.01. The van der Waals surface area contributed by atoms with Crippen molar-refractivity contribution in [3.05, 3.63) is 28.3 Å². The van der Waals surface area contributed by atoms with Gasteiger partial charge in [-0.3, -0.25) is 10.1 Å². The number of nitro benzene ring substituents is 1. The first-order valence-electron chi connectivity index (χ1n) is 3.88. The summed E-state index contributed by atoms with van der Waals surface area (Å²) in [6.45, 7) is 0.323. The number of ether oxygens (including phenoxy) is 1. The monoisotopic (exact) mass is 216 g/mol. The molecule has 0 heterocycles. The van der Waals surface area contributed by atoms with E-state index in [1.54, 1.807) is 0 Å². The number of benzene rings is 1. The van der Waals surface area contributed by atoms with Gasteiger partial charge in [0.15, 0.2) is 0 Å². The molecule has 1 rings (SSSR count). The van der Waals surface area contributed by atoms with Crippen molar-refractivity contribution in [2.24, 2.45) is 0 Å². The summed E-state index contributed by atoms with van der Waals surface area (Å²) in [7, 11) is 0. The molecule has 0 aliphatic rings. The van der Waals surface area contributed by atoms with Gasteiger partial charge in [-0.2, -0.15) is 0 Å². The van der Waals surface area contributed by atoms with Crippen LogP contribution in [0.25, 0.3) is 0 Å². The Hall–Kier alpha value is -1.49. The lowest BCUT2D eigenvalue weighted by atomic mass is 10.2. The normalized spacial score (nSPS) is 9.79. The highest BCUT2D eigenvalue weighted by molar-refractivity contribution is 6.18. The Bertz CT molecular complexity index is 343. The maximum absolute atomic E-state index is 10.4. The van der Waals surface area contributed by atoms with Crippen molar-refractivity contribution < 1.29 is 9.66 Å². The standard InChI is InChI=1S/C8H9ClN2O3/c9-3-4-14-8-2-1-6(11(12)13)5-7(8)10/h1-2,5H,3-4,10H2. The van der Waals surface area contributed by atoms with Gasteiger partial charge in [0, 0.05) is 12.1 Å². The third-order valence-corrected chi connectivity index (χ3v) is 1.69. The number of nitrogens with two attached hydrogens (primary N) is 1. The van der Waals surface area contributed by atoms with Crippen LogP contribution in [0.5, 0.6) is 5.75 Å². The van der Waals surface area contributed by atoms with Gasteiger partial charge in [0.2, 0.25) is 0 Å². The first kappa shape index (κ1) is 10.6. The number of non-ortho nitro benzene ring substituents is 1. The number of halogens is 1. The van der Waals surface area contributed by atoms with Crippen molar-refractivity contribution in [3.63, 3.8) is 0 Å². The molecular formula is C8H9ClN2O3. The quantitative estimate of drug-likeness (QED) is 0.360. The molecule has 1 aromatic carbocycles. The Labute approximate surface area is 85.6 Å². The van der Waals surface area contributed by atoms with E-state index in [1.807, 2.05) is 0 Å². The van der Waals surface area contributed by atoms with Gasteiger partial charge in [-0.05, 0) is 6.07 Å². The molecule has 2 N–H and O–H groups in total. The fourth-order valence-corrected chi connectivity index (χ4v) is 1.01. The van der Waals surface area contributed by atoms with Crippen molar-refractivity contribution in [2.45, 2.75) is 0 Å². The van der Waals surface area contributed by atoms with Gasteiger partial charge in [0.1, 0.15) is 12.4 Å². The fourth-order valence-electron chi connectivity index (χ4n) is 0.929. The maximum atomic E-state index is 10.4. The van der Waals surface area contributed by atoms with E-state index in [4.69, 9.17) is 22.1 Å². The summed E-state index contributed by atoms with van der Waals surface area (Å²) in [6.07, 6.45) is 0. The largest absolute Gasteiger partial charge is 0.490 e. The zero-order chi connectivity index (χ0) is 10.6. The molecule has 0 aromatic heterocycles. The Morgan fingerprint density at radius 2 is 2.29 bits per heavy atom. The van der Waals surface area contributed by atoms with Gasteiger partial charge in [-0.1, -0.05) is 0 Å². The van der Waals surface area contributed by atoms with Crippen LogP contribution in [0.15, 0.2) is 18.2 Å². The molecule has 14 heavy (non-hydrogen) atoms. The highest BCUT2D eigenvalue weighted by atomic mass is 35.5. The Kier molecular flexibility index (Phi) is 3.53. The second kappa shape index (κ2) is 4.66. The molecule has 0 atom stereocenters. The van der Waals surface area contributed by atoms with Crippen LogP contribution in [0.1, 0.15) is 0 Å². The molecule has 1 aromatic rings. The van der Waals surface area contributed by atoms with Gasteiger partial charge >= 0.3 is 0 Å². The predicted molar refractivity (Wildman–Crippen MR) is 53.7 cm³/mol. The molecule has 0 aliphatic heterocycles. The first-order chi connectivity index (χ1) is 6.65. The van der Waals surface area contributed by atoms with E-state index < -0.39 is 4.92 Å². The number of alkyl halides is 1. The molecule has 76 valence electrons. The first-order valence-corrected chi connectivity index (χ1v) is 4.41. The van der Waals surface area contributed by atoms with E-state index in [2.05, 4.69) is 0 Å². The lowest BCUT2D eigenvalue weighted by molar-refractivity contribution is -0.384. The van der Waals surface area contributed by atoms with Gasteiger partial charge < -0.3 is 10.5 Å². The number of nitro groups is 1. The van der Waals surface area contributed by atoms with Crippen LogP contribution in [0, 0.1) is 10.1 Å². The third kappa shape index (κ3) is 2.50. The van der Waals surface area contributed by atoms with Crippen LogP contribution in [-0.4, -0.2) is 17.4 Å². The summed E-state index contributed by atoms with van der Waals surface area (Å²) >= 11 is 5.41. The van der Waals surface area contributed by atoms with E-state index in [9.17, 15) is 10.1 Å². The minimum absolute atomic E-state index is 0.0549. The highest BCUT2D eigenvalue weighted by Gasteiger charge is 2.08. The van der Waals surface area contributed by atoms with Gasteiger partial charge in [-0.15, -0.1) is 11.6 Å². The van der Waals surface area contributed by atoms with E-state index in [0.717, 1.165) is 0 Å². The van der Waals surface area contributed by atoms with Crippen LogP contribution < -0.4 is 10.5 Å². The van der Waals surface area contributed by atoms with E-state index in [0.29, 0.717) is 18.2 Å². The number of rotatable bonds is 4. The van der Waals surface area contributed by atoms with E-state index >= 15 is 0 Å². The third-order valence-electron chi connectivity index (χ3n) is 1.54. The summed E-state index contributed by atoms with van der Waals surface area (Å²) in [5.74, 6) is 0.757. The lowest BCUT2D eigenvalue weighted by Gasteiger charge is -2.06. The number of anilines is 1. The average molecular weight is 217 g/mol. The molecule has 0 saturated heterocycles. The molecule has 0 amide bonds. The summed E-state index contributed by atoms with van der Waals surface area (Å²) in [5, 5.41) is 10.4. The summed E-state index contributed by atoms with van der Waals surface area (Å²) in [6, 6.07) is 4.05. The maximum Gasteiger partial charge on any atom is 0.271 e. The molecule has 0 spiro atoms. The minimum Gasteiger partial charge on any atom is -0.490 e. The highest BCUT2D eigenvalue weighted by Crippen LogP contribution is 2.25. The van der Waals surface area contributed by atoms with Crippen LogP contribution in [-0.2, 0) is 0 Å². The summed E-state index contributed by atoms with van der Waals surface area (Å²) in [4.78, 5) is 9.85. The molecule has 0 radical (unpaired) electrons. The van der Waals surface area contributed by atoms with Crippen LogP contribution in [0.3, 0.4) is 0 Å². The summed E-state index contributed by atoms with van der Waals surface area (Å²) in [5.41, 5.74) is 5.71. The van der Waals surface area contributed by atoms with E-state index in [-0.39, 0.29) is 11.4 Å². The number of hydrogen-bond donors (Lipinski definition) is 1. The Balaban J connectivity index is 2.84. The van der Waals surface area contributed by atoms with Crippen LogP contribution in [0.2, 0.25) is 0 Å². The van der Waals surface area contributed by atoms with Crippen molar-refractivity contribution in [3.8, 4) is 5.75 Å². The molecule has 0 fully saturated rings. The van der Waals surface area contributed by atoms with Gasteiger partial charge in [-0.25, -0.2) is 0 Å². The molecule has 0 aliphatic carbocycles. The van der Waals surface area contributed by atoms with Crippen molar-refractivity contribution in [1.29, 1.82) is 0 Å². The van der Waals surface area contributed by atoms with Crippen molar-refractivity contribution in [1.82, 2.24) is 0 Å². The Morgan fingerprint density at radius 3 is 2.79 bits per heavy atom. The SMILES string of the molecule is Nc1cc([N+](=O)[O-])ccc1OCCCl. The van der Waals surface area contributed by atoms with Gasteiger partial charge in [0.25, 0.3) is 5.69 Å². The number of nitrogen functional groups attached to an aromatic ring is 1. The second-order valence-corrected chi connectivity index (χ2v) is 2.89. The van der Waals surface area contributed by atoms with Gasteiger partial charge in [0.05, 0.1) is 16.5 Å². The van der Waals surface area contributed by atoms with Crippen LogP contribution >= 0.6 is 11.6 Å². The van der Waals surface area contributed by atoms with Crippen molar-refractivity contribution in [2.75, 3.05) is 18.2 Å². The molecule has 0 bridgehead atoms. The fraction of sp³-hybridized carbons (Fsp3) is 0.250. The smallest absolute Gasteiger partial charge is 0.271 e. The number of hydrogen-bond acceptors (Lipinski definition) is 4. The average Bonchev–Trinajstić information content (AvgIpc) is 2.15. The minimum atomic E-state index is -0.512. The van der Waals surface area contributed by atoms with E-state index in [1.165, 1.54) is 18.2 Å². The Morgan fingerprint density at radius 1 is 1.57 bits per heavy atom. The molecule has 6 heteroatoms. The topological polar surface area (TPSA) is 78.4 Å². The zero-order valence-electron chi connectivity index (χ0n) is 7.27. The molecular weight excluding hydrogens is 208 g/mol. The molecule has 5 nitrogen and oxygen atoms in total.